The third-order valence-electron chi connectivity index (χ3n) is 3.71. The largest absolute Gasteiger partial charge is 0.497 e. The highest BCUT2D eigenvalue weighted by atomic mass is 32.1. The quantitative estimate of drug-likeness (QED) is 0.618. The summed E-state index contributed by atoms with van der Waals surface area (Å²) < 4.78 is 5.26. The molecule has 4 heteroatoms. The predicted octanol–water partition coefficient (Wildman–Crippen LogP) is 5.19. The zero-order valence-corrected chi connectivity index (χ0v) is 14.3. The second-order valence-electron chi connectivity index (χ2n) is 5.30. The van der Waals surface area contributed by atoms with Gasteiger partial charge in [-0.2, -0.15) is 5.26 Å². The minimum Gasteiger partial charge on any atom is -0.497 e. The summed E-state index contributed by atoms with van der Waals surface area (Å²) in [5, 5.41) is 12.2. The molecule has 0 atom stereocenters. The van der Waals surface area contributed by atoms with E-state index in [9.17, 15) is 5.26 Å². The molecular weight excluding hydrogens is 316 g/mol. The lowest BCUT2D eigenvalue weighted by Gasteiger charge is -2.02. The lowest BCUT2D eigenvalue weighted by Crippen LogP contribution is -1.86. The number of allylic oxidation sites excluding steroid dienone is 1. The summed E-state index contributed by atoms with van der Waals surface area (Å²) in [6.07, 6.45) is 1.89. The third-order valence-corrected chi connectivity index (χ3v) is 4.58. The molecule has 0 radical (unpaired) electrons. The number of nitriles is 1. The summed E-state index contributed by atoms with van der Waals surface area (Å²) in [4.78, 5) is 4.63. The maximum Gasteiger partial charge on any atom is 0.134 e. The van der Waals surface area contributed by atoms with Crippen molar-refractivity contribution in [2.24, 2.45) is 0 Å². The normalized spacial score (nSPS) is 11.1. The zero-order valence-electron chi connectivity index (χ0n) is 13.5. The van der Waals surface area contributed by atoms with Gasteiger partial charge in [-0.3, -0.25) is 0 Å². The smallest absolute Gasteiger partial charge is 0.134 e. The number of hydrogen-bond donors (Lipinski definition) is 0. The maximum absolute atomic E-state index is 9.52. The molecule has 24 heavy (non-hydrogen) atoms. The average Bonchev–Trinajstić information content (AvgIpc) is 3.11. The van der Waals surface area contributed by atoms with Crippen molar-refractivity contribution < 1.29 is 4.74 Å². The van der Waals surface area contributed by atoms with Gasteiger partial charge in [-0.05, 0) is 36.3 Å². The molecule has 0 spiro atoms. The van der Waals surface area contributed by atoms with Gasteiger partial charge in [0, 0.05) is 10.9 Å². The van der Waals surface area contributed by atoms with Gasteiger partial charge >= 0.3 is 0 Å². The molecule has 2 aromatic carbocycles. The van der Waals surface area contributed by atoms with Gasteiger partial charge in [0.15, 0.2) is 0 Å². The van der Waals surface area contributed by atoms with E-state index in [4.69, 9.17) is 4.74 Å². The average molecular weight is 332 g/mol. The molecule has 0 aliphatic heterocycles. The molecule has 1 heterocycles. The highest BCUT2D eigenvalue weighted by Gasteiger charge is 2.10. The summed E-state index contributed by atoms with van der Waals surface area (Å²) in [5.41, 5.74) is 4.57. The minimum atomic E-state index is 0.573. The lowest BCUT2D eigenvalue weighted by atomic mass is 10.1. The highest BCUT2D eigenvalue weighted by Crippen LogP contribution is 2.29. The number of thiazole rings is 1. The molecular formula is C20H16N2OS. The molecule has 0 saturated heterocycles. The Morgan fingerprint density at radius 3 is 2.79 bits per heavy atom. The van der Waals surface area contributed by atoms with Crippen LogP contribution in [0.3, 0.4) is 0 Å². The van der Waals surface area contributed by atoms with Crippen molar-refractivity contribution >= 4 is 23.0 Å². The van der Waals surface area contributed by atoms with Gasteiger partial charge in [0.2, 0.25) is 0 Å². The van der Waals surface area contributed by atoms with E-state index in [-0.39, 0.29) is 0 Å². The molecule has 3 nitrogen and oxygen atoms in total. The second kappa shape index (κ2) is 7.12. The topological polar surface area (TPSA) is 45.9 Å². The number of aryl methyl sites for hydroxylation is 1. The Bertz CT molecular complexity index is 935. The molecule has 118 valence electrons. The maximum atomic E-state index is 9.52. The summed E-state index contributed by atoms with van der Waals surface area (Å²) in [7, 11) is 1.64. The first-order chi connectivity index (χ1) is 11.7. The van der Waals surface area contributed by atoms with Crippen LogP contribution in [0.1, 0.15) is 16.1 Å². The molecule has 0 aliphatic rings. The Labute approximate surface area is 145 Å². The van der Waals surface area contributed by atoms with Crippen molar-refractivity contribution in [3.63, 3.8) is 0 Å². The number of hydrogen-bond acceptors (Lipinski definition) is 4. The van der Waals surface area contributed by atoms with Crippen molar-refractivity contribution in [3.8, 4) is 23.1 Å². The number of rotatable bonds is 4. The van der Waals surface area contributed by atoms with E-state index >= 15 is 0 Å². The molecule has 3 rings (SSSR count). The van der Waals surface area contributed by atoms with Crippen LogP contribution in [0.5, 0.6) is 5.75 Å². The first-order valence-corrected chi connectivity index (χ1v) is 8.37. The fourth-order valence-electron chi connectivity index (χ4n) is 2.36. The Morgan fingerprint density at radius 1 is 1.21 bits per heavy atom. The van der Waals surface area contributed by atoms with Crippen LogP contribution in [-0.4, -0.2) is 12.1 Å². The van der Waals surface area contributed by atoms with Crippen LogP contribution in [0.15, 0.2) is 53.9 Å². The van der Waals surface area contributed by atoms with Crippen molar-refractivity contribution in [1.82, 2.24) is 4.98 Å². The van der Waals surface area contributed by atoms with Gasteiger partial charge in [0.25, 0.3) is 0 Å². The molecule has 0 aliphatic carbocycles. The highest BCUT2D eigenvalue weighted by molar-refractivity contribution is 7.11. The SMILES string of the molecule is COc1cccc(-c2csc(/C(C#N)=C/c3ccccc3C)n2)c1. The molecule has 0 fully saturated rings. The van der Waals surface area contributed by atoms with Crippen LogP contribution < -0.4 is 4.74 Å². The molecule has 0 bridgehead atoms. The first kappa shape index (κ1) is 16.0. The van der Waals surface area contributed by atoms with Crippen molar-refractivity contribution in [3.05, 3.63) is 70.0 Å². The van der Waals surface area contributed by atoms with Gasteiger partial charge in [-0.25, -0.2) is 4.98 Å². The van der Waals surface area contributed by atoms with E-state index in [2.05, 4.69) is 11.1 Å². The standard InChI is InChI=1S/C20H16N2OS/c1-14-6-3-4-7-15(14)10-17(12-21)20-22-19(13-24-20)16-8-5-9-18(11-16)23-2/h3-11,13H,1-2H3/b17-10+. The fourth-order valence-corrected chi connectivity index (χ4v) is 3.15. The fraction of sp³-hybridized carbons (Fsp3) is 0.100. The Kier molecular flexibility index (Phi) is 4.74. The second-order valence-corrected chi connectivity index (χ2v) is 6.15. The zero-order chi connectivity index (χ0) is 16.9. The Balaban J connectivity index is 1.97. The van der Waals surface area contributed by atoms with Crippen LogP contribution in [0.4, 0.5) is 0 Å². The summed E-state index contributed by atoms with van der Waals surface area (Å²) in [5.74, 6) is 0.790. The Hall–Kier alpha value is -2.90. The van der Waals surface area contributed by atoms with Crippen LogP contribution >= 0.6 is 11.3 Å². The van der Waals surface area contributed by atoms with Crippen LogP contribution in [0.2, 0.25) is 0 Å². The third kappa shape index (κ3) is 3.37. The minimum absolute atomic E-state index is 0.573. The number of nitrogens with zero attached hydrogens (tertiary/aromatic N) is 2. The van der Waals surface area contributed by atoms with E-state index in [1.54, 1.807) is 7.11 Å². The molecule has 0 unspecified atom stereocenters. The molecule has 3 aromatic rings. The van der Waals surface area contributed by atoms with Crippen molar-refractivity contribution in [1.29, 1.82) is 5.26 Å². The van der Waals surface area contributed by atoms with E-state index in [1.165, 1.54) is 11.3 Å². The molecule has 0 amide bonds. The van der Waals surface area contributed by atoms with Crippen LogP contribution in [0, 0.1) is 18.3 Å². The van der Waals surface area contributed by atoms with Crippen molar-refractivity contribution in [2.75, 3.05) is 7.11 Å². The van der Waals surface area contributed by atoms with Gasteiger partial charge < -0.3 is 4.74 Å². The van der Waals surface area contributed by atoms with E-state index < -0.39 is 0 Å². The predicted molar refractivity (Wildman–Crippen MR) is 98.8 cm³/mol. The summed E-state index contributed by atoms with van der Waals surface area (Å²) >= 11 is 1.47. The van der Waals surface area contributed by atoms with Gasteiger partial charge in [-0.15, -0.1) is 11.3 Å². The number of methoxy groups -OCH3 is 1. The lowest BCUT2D eigenvalue weighted by molar-refractivity contribution is 0.415. The molecule has 1 aromatic heterocycles. The monoisotopic (exact) mass is 332 g/mol. The number of ether oxygens (including phenoxy) is 1. The summed E-state index contributed by atoms with van der Waals surface area (Å²) in [6.45, 7) is 2.03. The van der Waals surface area contributed by atoms with Crippen molar-refractivity contribution in [2.45, 2.75) is 6.92 Å². The first-order valence-electron chi connectivity index (χ1n) is 7.49. The number of benzene rings is 2. The molecule has 0 saturated carbocycles. The van der Waals surface area contributed by atoms with Crippen LogP contribution in [-0.2, 0) is 0 Å². The van der Waals surface area contributed by atoms with Gasteiger partial charge in [-0.1, -0.05) is 36.4 Å². The van der Waals surface area contributed by atoms with Crippen LogP contribution in [0.25, 0.3) is 22.9 Å². The Morgan fingerprint density at radius 2 is 2.04 bits per heavy atom. The number of aromatic nitrogens is 1. The van der Waals surface area contributed by atoms with E-state index in [0.717, 1.165) is 33.1 Å². The van der Waals surface area contributed by atoms with Gasteiger partial charge in [0.1, 0.15) is 16.8 Å². The molecule has 0 N–H and O–H groups in total. The van der Waals surface area contributed by atoms with E-state index in [0.29, 0.717) is 5.57 Å². The van der Waals surface area contributed by atoms with Gasteiger partial charge in [0.05, 0.1) is 18.4 Å². The van der Waals surface area contributed by atoms with E-state index in [1.807, 2.05) is 66.9 Å². The summed E-state index contributed by atoms with van der Waals surface area (Å²) in [6, 6.07) is 18.0.